The highest BCUT2D eigenvalue weighted by atomic mass is 35.5. The zero-order chi connectivity index (χ0) is 46.9. The third kappa shape index (κ3) is 12.2. The Labute approximate surface area is 395 Å². The van der Waals surface area contributed by atoms with Gasteiger partial charge in [0.1, 0.15) is 23.0 Å². The van der Waals surface area contributed by atoms with Crippen molar-refractivity contribution < 1.29 is 24.3 Å². The van der Waals surface area contributed by atoms with Crippen molar-refractivity contribution in [1.29, 1.82) is 0 Å². The molecule has 0 aliphatic rings. The highest BCUT2D eigenvalue weighted by Crippen LogP contribution is 2.22. The van der Waals surface area contributed by atoms with Gasteiger partial charge in [0.2, 0.25) is 11.6 Å². The second-order valence-corrected chi connectivity index (χ2v) is 15.6. The molecule has 0 atom stereocenters. The van der Waals surface area contributed by atoms with E-state index in [-0.39, 0.29) is 46.8 Å². The summed E-state index contributed by atoms with van der Waals surface area (Å²) in [6.07, 6.45) is 5.83. The third-order valence-electron chi connectivity index (χ3n) is 10.1. The normalized spacial score (nSPS) is 10.5. The smallest absolute Gasteiger partial charge is 0.335 e. The number of fused-ring (bicyclic) bond motifs is 2. The Balaban J connectivity index is 0.000000207. The lowest BCUT2D eigenvalue weighted by Crippen LogP contribution is -2.24. The molecular weight excluding hydrogens is 903 g/mol. The van der Waals surface area contributed by atoms with E-state index in [1.54, 1.807) is 66.9 Å². The zero-order valence-corrected chi connectivity index (χ0v) is 38.3. The maximum Gasteiger partial charge on any atom is 0.335 e. The van der Waals surface area contributed by atoms with Gasteiger partial charge in [-0.05, 0) is 135 Å². The van der Waals surface area contributed by atoms with Crippen LogP contribution in [-0.2, 0) is 13.1 Å². The van der Waals surface area contributed by atoms with Crippen LogP contribution in [0, 0.1) is 27.7 Å². The van der Waals surface area contributed by atoms with Crippen LogP contribution in [0.3, 0.4) is 0 Å². The maximum atomic E-state index is 13.0. The fraction of sp³-hybridized carbons (Fsp3) is 0.125. The van der Waals surface area contributed by atoms with Gasteiger partial charge in [0.25, 0.3) is 5.91 Å². The molecule has 0 radical (unpaired) electrons. The summed E-state index contributed by atoms with van der Waals surface area (Å²) in [6.45, 7) is 8.51. The number of carbonyl (C=O) groups excluding carboxylic acids is 3. The fourth-order valence-corrected chi connectivity index (χ4v) is 7.13. The predicted octanol–water partition coefficient (Wildman–Crippen LogP) is 8.41. The number of hydrogen-bond acceptors (Lipinski definition) is 13. The van der Waals surface area contributed by atoms with Crippen LogP contribution in [-0.4, -0.2) is 58.5 Å². The van der Waals surface area contributed by atoms with Crippen molar-refractivity contribution in [2.75, 3.05) is 11.5 Å². The standard InChI is InChI=1S/C24H20ClN5O2.C16H9ClN2O3.C8H13N3.ClH/c1-13-7-22(26)30-14(2)19(13)12-29-24(32)16-5-6-27-21(10-16)23(31)15-3-4-20-17(8-15)9-18(25)11-28-20;17-12-6-11-5-9(1-2-13(11)19-8-12)15(20)14-7-10(16(21)22)3-4-18-14;1-5-3-8(10)11-6(2)7(5)4-9;/h3-11H,12H2,1-2H3,(H2,26,30)(H,29,32);1-8H,(H,21,22);3H,4,9H2,1-2H3,(H2,10,11);1H. The lowest BCUT2D eigenvalue weighted by Gasteiger charge is -2.12. The number of carbonyl (C=O) groups is 4. The molecule has 0 bridgehead atoms. The number of nitrogens with one attached hydrogen (secondary N) is 1. The molecule has 0 saturated carbocycles. The van der Waals surface area contributed by atoms with Crippen LogP contribution in [0.25, 0.3) is 21.8 Å². The van der Waals surface area contributed by atoms with Crippen LogP contribution in [0.15, 0.2) is 110 Å². The Morgan fingerprint density at radius 2 is 1.05 bits per heavy atom. The maximum absolute atomic E-state index is 13.0. The van der Waals surface area contributed by atoms with Crippen LogP contribution in [0.2, 0.25) is 10.0 Å². The quantitative estimate of drug-likeness (QED) is 0.0852. The van der Waals surface area contributed by atoms with Gasteiger partial charge in [-0.1, -0.05) is 23.2 Å². The van der Waals surface area contributed by atoms with Gasteiger partial charge in [-0.2, -0.15) is 0 Å². The lowest BCUT2D eigenvalue weighted by atomic mass is 10.0. The first-order valence-corrected chi connectivity index (χ1v) is 20.6. The number of rotatable bonds is 9. The fourth-order valence-electron chi connectivity index (χ4n) is 6.79. The van der Waals surface area contributed by atoms with Crippen molar-refractivity contribution in [2.24, 2.45) is 5.73 Å². The molecule has 2 aromatic carbocycles. The van der Waals surface area contributed by atoms with Gasteiger partial charge in [0, 0.05) is 76.7 Å². The first kappa shape index (κ1) is 49.6. The molecule has 18 heteroatoms. The number of halogens is 3. The van der Waals surface area contributed by atoms with Crippen LogP contribution in [0.1, 0.15) is 86.5 Å². The summed E-state index contributed by atoms with van der Waals surface area (Å²) >= 11 is 11.9. The monoisotopic (exact) mass is 944 g/mol. The number of aromatic carboxylic acids is 1. The van der Waals surface area contributed by atoms with Crippen LogP contribution >= 0.6 is 35.6 Å². The van der Waals surface area contributed by atoms with E-state index in [1.165, 1.54) is 36.8 Å². The average molecular weight is 946 g/mol. The number of nitrogens with zero attached hydrogens (tertiary/aromatic N) is 6. The zero-order valence-electron chi connectivity index (χ0n) is 36.0. The largest absolute Gasteiger partial charge is 0.478 e. The van der Waals surface area contributed by atoms with Gasteiger partial charge in [-0.25, -0.2) is 14.8 Å². The molecule has 0 saturated heterocycles. The first-order valence-electron chi connectivity index (χ1n) is 19.8. The SMILES string of the molecule is Cc1cc(N)nc(C)c1CN.Cc1cc(N)nc(C)c1CNC(=O)c1ccnc(C(=O)c2ccc3ncc(Cl)cc3c2)c1.Cl.O=C(O)c1ccnc(C(=O)c2ccc3ncc(Cl)cc3c2)c1. The Hall–Kier alpha value is -7.43. The number of aromatic nitrogens is 6. The van der Waals surface area contributed by atoms with E-state index in [9.17, 15) is 19.2 Å². The summed E-state index contributed by atoms with van der Waals surface area (Å²) in [7, 11) is 0. The summed E-state index contributed by atoms with van der Waals surface area (Å²) in [5.41, 5.74) is 25.5. The third-order valence-corrected chi connectivity index (χ3v) is 10.5. The van der Waals surface area contributed by atoms with E-state index in [0.717, 1.165) is 49.9 Å². The number of benzene rings is 2. The minimum atomic E-state index is -1.11. The Bertz CT molecular complexity index is 3100. The second-order valence-electron chi connectivity index (χ2n) is 14.7. The molecular formula is C48H43Cl3N10O5. The number of aryl methyl sites for hydroxylation is 4. The van der Waals surface area contributed by atoms with Gasteiger partial charge in [0.15, 0.2) is 0 Å². The molecule has 8 N–H and O–H groups in total. The first-order chi connectivity index (χ1) is 31.0. The molecule has 1 amide bonds. The number of amides is 1. The van der Waals surface area contributed by atoms with E-state index < -0.39 is 5.97 Å². The van der Waals surface area contributed by atoms with Gasteiger partial charge in [0.05, 0.1) is 26.6 Å². The van der Waals surface area contributed by atoms with Crippen LogP contribution in [0.4, 0.5) is 11.6 Å². The molecule has 8 aromatic rings. The molecule has 0 spiro atoms. The van der Waals surface area contributed by atoms with Gasteiger partial charge >= 0.3 is 5.97 Å². The number of nitrogens with two attached hydrogens (primary N) is 3. The number of nitrogen functional groups attached to an aromatic ring is 2. The number of carboxylic acid groups (broad SMARTS) is 1. The molecule has 0 fully saturated rings. The van der Waals surface area contributed by atoms with E-state index in [4.69, 9.17) is 45.5 Å². The number of anilines is 2. The second kappa shape index (κ2) is 22.0. The molecule has 15 nitrogen and oxygen atoms in total. The topological polar surface area (TPSA) is 256 Å². The van der Waals surface area contributed by atoms with Crippen molar-refractivity contribution in [3.05, 3.63) is 187 Å². The number of hydrogen-bond donors (Lipinski definition) is 5. The summed E-state index contributed by atoms with van der Waals surface area (Å²) < 4.78 is 0. The molecule has 0 unspecified atom stereocenters. The Kier molecular flexibility index (Phi) is 16.5. The molecule has 0 aliphatic carbocycles. The lowest BCUT2D eigenvalue weighted by molar-refractivity contribution is 0.0696. The van der Waals surface area contributed by atoms with E-state index in [1.807, 2.05) is 33.8 Å². The van der Waals surface area contributed by atoms with Gasteiger partial charge < -0.3 is 27.6 Å². The highest BCUT2D eigenvalue weighted by Gasteiger charge is 2.17. The molecule has 66 heavy (non-hydrogen) atoms. The summed E-state index contributed by atoms with van der Waals surface area (Å²) in [5, 5.41) is 14.3. The number of carboxylic acids is 1. The van der Waals surface area contributed by atoms with Gasteiger partial charge in [-0.3, -0.25) is 34.3 Å². The van der Waals surface area contributed by atoms with Crippen LogP contribution < -0.4 is 22.5 Å². The van der Waals surface area contributed by atoms with Crippen molar-refractivity contribution in [2.45, 2.75) is 40.8 Å². The Morgan fingerprint density at radius 3 is 1.50 bits per heavy atom. The van der Waals surface area contributed by atoms with E-state index >= 15 is 0 Å². The highest BCUT2D eigenvalue weighted by molar-refractivity contribution is 6.31. The summed E-state index contributed by atoms with van der Waals surface area (Å²) in [6, 6.07) is 22.8. The van der Waals surface area contributed by atoms with E-state index in [2.05, 4.69) is 35.2 Å². The van der Waals surface area contributed by atoms with Gasteiger partial charge in [-0.15, -0.1) is 12.4 Å². The molecule has 6 aromatic heterocycles. The van der Waals surface area contributed by atoms with Crippen molar-refractivity contribution in [1.82, 2.24) is 35.2 Å². The minimum Gasteiger partial charge on any atom is -0.478 e. The molecule has 8 rings (SSSR count). The summed E-state index contributed by atoms with van der Waals surface area (Å²) in [4.78, 5) is 73.9. The molecule has 336 valence electrons. The summed E-state index contributed by atoms with van der Waals surface area (Å²) in [5.74, 6) is -1.06. The predicted molar refractivity (Wildman–Crippen MR) is 258 cm³/mol. The van der Waals surface area contributed by atoms with Crippen LogP contribution in [0.5, 0.6) is 0 Å². The van der Waals surface area contributed by atoms with E-state index in [0.29, 0.717) is 57.0 Å². The number of ketones is 2. The minimum absolute atomic E-state index is 0. The average Bonchev–Trinajstić information content (AvgIpc) is 3.28. The Morgan fingerprint density at radius 1 is 0.591 bits per heavy atom. The molecule has 0 aliphatic heterocycles. The number of pyridine rings is 6. The van der Waals surface area contributed by atoms with Crippen molar-refractivity contribution in [3.8, 4) is 0 Å². The molecule has 6 heterocycles. The van der Waals surface area contributed by atoms with Crippen molar-refractivity contribution in [3.63, 3.8) is 0 Å². The van der Waals surface area contributed by atoms with Crippen molar-refractivity contribution >= 4 is 92.5 Å².